The first-order valence-corrected chi connectivity index (χ1v) is 8.12. The Kier molecular flexibility index (Phi) is 6.04. The van der Waals surface area contributed by atoms with Gasteiger partial charge in [0.15, 0.2) is 6.10 Å². The third-order valence-corrected chi connectivity index (χ3v) is 3.97. The molecule has 2 aromatic rings. The van der Waals surface area contributed by atoms with Crippen molar-refractivity contribution in [2.75, 3.05) is 12.4 Å². The van der Waals surface area contributed by atoms with Crippen LogP contribution in [0.15, 0.2) is 36.4 Å². The van der Waals surface area contributed by atoms with Gasteiger partial charge in [-0.3, -0.25) is 4.79 Å². The van der Waals surface area contributed by atoms with Crippen LogP contribution in [0.2, 0.25) is 5.02 Å². The van der Waals surface area contributed by atoms with E-state index < -0.39 is 12.1 Å². The number of hydrogen-bond acceptors (Lipinski definition) is 4. The van der Waals surface area contributed by atoms with E-state index in [2.05, 4.69) is 10.1 Å². The molecule has 5 nitrogen and oxygen atoms in total. The van der Waals surface area contributed by atoms with Gasteiger partial charge in [-0.2, -0.15) is 0 Å². The van der Waals surface area contributed by atoms with Gasteiger partial charge in [0.05, 0.1) is 17.7 Å². The van der Waals surface area contributed by atoms with E-state index in [0.29, 0.717) is 11.4 Å². The molecule has 0 aliphatic heterocycles. The van der Waals surface area contributed by atoms with Gasteiger partial charge in [0.25, 0.3) is 5.91 Å². The van der Waals surface area contributed by atoms with Crippen LogP contribution in [-0.2, 0) is 9.53 Å². The Morgan fingerprint density at radius 1 is 1.12 bits per heavy atom. The molecule has 0 saturated heterocycles. The lowest BCUT2D eigenvalue weighted by molar-refractivity contribution is -0.122. The summed E-state index contributed by atoms with van der Waals surface area (Å²) in [6.07, 6.45) is -0.710. The third kappa shape index (κ3) is 4.73. The lowest BCUT2D eigenvalue weighted by atomic mass is 10.1. The number of benzene rings is 2. The van der Waals surface area contributed by atoms with Gasteiger partial charge in [-0.25, -0.2) is 4.79 Å². The van der Waals surface area contributed by atoms with Crippen molar-refractivity contribution in [1.29, 1.82) is 0 Å². The van der Waals surface area contributed by atoms with Crippen LogP contribution in [0.3, 0.4) is 0 Å². The number of hydrogen-bond donors (Lipinski definition) is 1. The van der Waals surface area contributed by atoms with E-state index in [4.69, 9.17) is 16.3 Å². The zero-order chi connectivity index (χ0) is 18.6. The van der Waals surface area contributed by atoms with Crippen LogP contribution < -0.4 is 10.1 Å². The monoisotopic (exact) mass is 361 g/mol. The SMILES string of the molecule is COC(=O)c1cc(NC(=O)[C@@H](C)Oc2ccc(C)cc2C)ccc1Cl. The van der Waals surface area contributed by atoms with Gasteiger partial charge in [0.1, 0.15) is 5.75 Å². The van der Waals surface area contributed by atoms with E-state index in [1.807, 2.05) is 32.0 Å². The van der Waals surface area contributed by atoms with Crippen molar-refractivity contribution in [1.82, 2.24) is 0 Å². The molecule has 1 atom stereocenters. The zero-order valence-electron chi connectivity index (χ0n) is 14.6. The Bertz CT molecular complexity index is 804. The molecule has 0 heterocycles. The second-order valence-corrected chi connectivity index (χ2v) is 6.11. The molecule has 2 aromatic carbocycles. The maximum Gasteiger partial charge on any atom is 0.339 e. The van der Waals surface area contributed by atoms with E-state index in [1.54, 1.807) is 13.0 Å². The minimum atomic E-state index is -0.710. The summed E-state index contributed by atoms with van der Waals surface area (Å²) >= 11 is 5.97. The topological polar surface area (TPSA) is 64.6 Å². The summed E-state index contributed by atoms with van der Waals surface area (Å²) in [4.78, 5) is 24.0. The quantitative estimate of drug-likeness (QED) is 0.812. The van der Waals surface area contributed by atoms with Crippen LogP contribution in [0.4, 0.5) is 5.69 Å². The fourth-order valence-electron chi connectivity index (χ4n) is 2.29. The van der Waals surface area contributed by atoms with Gasteiger partial charge in [-0.15, -0.1) is 0 Å². The number of carbonyl (C=O) groups is 2. The highest BCUT2D eigenvalue weighted by Gasteiger charge is 2.18. The van der Waals surface area contributed by atoms with E-state index in [0.717, 1.165) is 11.1 Å². The minimum Gasteiger partial charge on any atom is -0.481 e. The summed E-state index contributed by atoms with van der Waals surface area (Å²) in [5, 5.41) is 2.96. The molecule has 0 saturated carbocycles. The van der Waals surface area contributed by atoms with Gasteiger partial charge < -0.3 is 14.8 Å². The Hall–Kier alpha value is -2.53. The van der Waals surface area contributed by atoms with Crippen LogP contribution in [-0.4, -0.2) is 25.1 Å². The van der Waals surface area contributed by atoms with Gasteiger partial charge in [-0.05, 0) is 50.6 Å². The highest BCUT2D eigenvalue weighted by atomic mass is 35.5. The summed E-state index contributed by atoms with van der Waals surface area (Å²) < 4.78 is 10.4. The average molecular weight is 362 g/mol. The maximum absolute atomic E-state index is 12.3. The number of aryl methyl sites for hydroxylation is 2. The molecule has 0 radical (unpaired) electrons. The lowest BCUT2D eigenvalue weighted by Gasteiger charge is -2.17. The second kappa shape index (κ2) is 8.03. The smallest absolute Gasteiger partial charge is 0.339 e. The van der Waals surface area contributed by atoms with E-state index in [9.17, 15) is 9.59 Å². The summed E-state index contributed by atoms with van der Waals surface area (Å²) in [6.45, 7) is 5.58. The minimum absolute atomic E-state index is 0.185. The molecule has 0 aromatic heterocycles. The zero-order valence-corrected chi connectivity index (χ0v) is 15.3. The van der Waals surface area contributed by atoms with Gasteiger partial charge in [0.2, 0.25) is 0 Å². The molecule has 6 heteroatoms. The van der Waals surface area contributed by atoms with Crippen LogP contribution in [0.25, 0.3) is 0 Å². The summed E-state index contributed by atoms with van der Waals surface area (Å²) in [7, 11) is 1.27. The maximum atomic E-state index is 12.3. The molecule has 0 spiro atoms. The Balaban J connectivity index is 2.09. The molecule has 132 valence electrons. The fraction of sp³-hybridized carbons (Fsp3) is 0.263. The fourth-order valence-corrected chi connectivity index (χ4v) is 2.48. The first-order chi connectivity index (χ1) is 11.8. The number of esters is 1. The summed E-state index contributed by atoms with van der Waals surface area (Å²) in [6, 6.07) is 10.4. The molecule has 0 unspecified atom stereocenters. The predicted molar refractivity (Wildman–Crippen MR) is 97.4 cm³/mol. The average Bonchev–Trinajstić information content (AvgIpc) is 2.58. The number of amides is 1. The van der Waals surface area contributed by atoms with E-state index in [1.165, 1.54) is 19.2 Å². The van der Waals surface area contributed by atoms with Crippen LogP contribution in [0.1, 0.15) is 28.4 Å². The highest BCUT2D eigenvalue weighted by molar-refractivity contribution is 6.33. The molecule has 0 fully saturated rings. The molecular formula is C19H20ClNO4. The van der Waals surface area contributed by atoms with Crippen molar-refractivity contribution in [3.05, 3.63) is 58.1 Å². The first kappa shape index (κ1) is 18.8. The Morgan fingerprint density at radius 3 is 2.48 bits per heavy atom. The molecule has 0 aliphatic carbocycles. The van der Waals surface area contributed by atoms with Crippen LogP contribution in [0, 0.1) is 13.8 Å². The van der Waals surface area contributed by atoms with Crippen molar-refractivity contribution in [3.63, 3.8) is 0 Å². The summed E-state index contributed by atoms with van der Waals surface area (Å²) in [5.74, 6) is -0.251. The van der Waals surface area contributed by atoms with E-state index in [-0.39, 0.29) is 16.5 Å². The number of methoxy groups -OCH3 is 1. The molecule has 2 rings (SSSR count). The van der Waals surface area contributed by atoms with Gasteiger partial charge in [0, 0.05) is 5.69 Å². The van der Waals surface area contributed by atoms with Crippen molar-refractivity contribution in [2.45, 2.75) is 26.9 Å². The third-order valence-electron chi connectivity index (χ3n) is 3.64. The normalized spacial score (nSPS) is 11.6. The number of ether oxygens (including phenoxy) is 2. The van der Waals surface area contributed by atoms with Gasteiger partial charge in [-0.1, -0.05) is 29.3 Å². The molecule has 0 aliphatic rings. The molecule has 25 heavy (non-hydrogen) atoms. The molecule has 1 N–H and O–H groups in total. The Morgan fingerprint density at radius 2 is 1.84 bits per heavy atom. The lowest BCUT2D eigenvalue weighted by Crippen LogP contribution is -2.30. The summed E-state index contributed by atoms with van der Waals surface area (Å²) in [5.41, 5.74) is 2.70. The number of anilines is 1. The second-order valence-electron chi connectivity index (χ2n) is 5.70. The van der Waals surface area contributed by atoms with Gasteiger partial charge >= 0.3 is 5.97 Å². The Labute approximate surface area is 151 Å². The van der Waals surface area contributed by atoms with Crippen molar-refractivity contribution >= 4 is 29.2 Å². The standard InChI is InChI=1S/C19H20ClNO4/c1-11-5-8-17(12(2)9-11)25-13(3)18(22)21-14-6-7-16(20)15(10-14)19(23)24-4/h5-10,13H,1-4H3,(H,21,22)/t13-/m1/s1. The van der Waals surface area contributed by atoms with Crippen LogP contribution >= 0.6 is 11.6 Å². The van der Waals surface area contributed by atoms with Crippen molar-refractivity contribution < 1.29 is 19.1 Å². The molecule has 1 amide bonds. The van der Waals surface area contributed by atoms with Crippen molar-refractivity contribution in [2.24, 2.45) is 0 Å². The number of halogens is 1. The predicted octanol–water partition coefficient (Wildman–Crippen LogP) is 4.15. The molecular weight excluding hydrogens is 342 g/mol. The van der Waals surface area contributed by atoms with E-state index >= 15 is 0 Å². The van der Waals surface area contributed by atoms with Crippen molar-refractivity contribution in [3.8, 4) is 5.75 Å². The number of rotatable bonds is 5. The highest BCUT2D eigenvalue weighted by Crippen LogP contribution is 2.23. The first-order valence-electron chi connectivity index (χ1n) is 7.74. The molecule has 0 bridgehead atoms. The number of carbonyl (C=O) groups excluding carboxylic acids is 2. The van der Waals surface area contributed by atoms with Crippen LogP contribution in [0.5, 0.6) is 5.75 Å². The number of nitrogens with one attached hydrogen (secondary N) is 1. The largest absolute Gasteiger partial charge is 0.481 e.